The highest BCUT2D eigenvalue weighted by Crippen LogP contribution is 2.18. The van der Waals surface area contributed by atoms with Gasteiger partial charge in [0.2, 0.25) is 5.91 Å². The number of ether oxygens (including phenoxy) is 1. The molecule has 0 aromatic rings. The third-order valence-electron chi connectivity index (χ3n) is 11.3. The normalized spacial score (nSPS) is 13.4. The van der Waals surface area contributed by atoms with Gasteiger partial charge in [-0.1, -0.05) is 218 Å². The van der Waals surface area contributed by atoms with Gasteiger partial charge in [0.05, 0.1) is 25.2 Å². The number of aliphatic hydroxyl groups excluding tert-OH is 2. The number of nitrogens with one attached hydrogen (secondary N) is 1. The molecule has 3 N–H and O–H groups in total. The number of rotatable bonds is 44. The molecule has 0 aromatic carbocycles. The predicted molar refractivity (Wildman–Crippen MR) is 241 cm³/mol. The van der Waals surface area contributed by atoms with Gasteiger partial charge in [-0.3, -0.25) is 9.59 Å². The molecule has 0 rings (SSSR count). The molecule has 6 heteroatoms. The minimum absolute atomic E-state index is 0.0772. The molecule has 3 atom stereocenters. The summed E-state index contributed by atoms with van der Waals surface area (Å²) in [5.41, 5.74) is 0. The molecular formula is C50H95NO5. The van der Waals surface area contributed by atoms with Gasteiger partial charge in [0.15, 0.2) is 0 Å². The van der Waals surface area contributed by atoms with Crippen molar-refractivity contribution in [2.75, 3.05) is 6.61 Å². The van der Waals surface area contributed by atoms with Crippen LogP contribution >= 0.6 is 0 Å². The van der Waals surface area contributed by atoms with Crippen molar-refractivity contribution in [3.8, 4) is 0 Å². The average molecular weight is 790 g/mol. The largest absolute Gasteiger partial charge is 0.462 e. The van der Waals surface area contributed by atoms with E-state index in [2.05, 4.69) is 50.4 Å². The molecule has 3 unspecified atom stereocenters. The Morgan fingerprint density at radius 2 is 0.893 bits per heavy atom. The number of carbonyl (C=O) groups is 2. The Kier molecular flexibility index (Phi) is 43.1. The van der Waals surface area contributed by atoms with Crippen LogP contribution in [0.2, 0.25) is 0 Å². The molecule has 0 fully saturated rings. The summed E-state index contributed by atoms with van der Waals surface area (Å²) in [6.07, 6.45) is 49.5. The fourth-order valence-corrected chi connectivity index (χ4v) is 7.54. The average Bonchev–Trinajstić information content (AvgIpc) is 3.19. The quantitative estimate of drug-likeness (QED) is 0.0324. The molecule has 1 amide bonds. The molecule has 56 heavy (non-hydrogen) atoms. The Hall–Kier alpha value is -1.66. The van der Waals surface area contributed by atoms with Crippen LogP contribution in [0.5, 0.6) is 0 Å². The maximum Gasteiger partial charge on any atom is 0.306 e. The molecule has 0 aliphatic carbocycles. The van der Waals surface area contributed by atoms with E-state index in [0.29, 0.717) is 19.3 Å². The van der Waals surface area contributed by atoms with Gasteiger partial charge in [0.25, 0.3) is 0 Å². The number of amides is 1. The summed E-state index contributed by atoms with van der Waals surface area (Å²) >= 11 is 0. The monoisotopic (exact) mass is 790 g/mol. The maximum atomic E-state index is 13.1. The zero-order valence-corrected chi connectivity index (χ0v) is 37.5. The van der Waals surface area contributed by atoms with Crippen molar-refractivity contribution in [3.63, 3.8) is 0 Å². The molecule has 0 aromatic heterocycles. The van der Waals surface area contributed by atoms with E-state index < -0.39 is 18.2 Å². The third-order valence-corrected chi connectivity index (χ3v) is 11.3. The zero-order valence-electron chi connectivity index (χ0n) is 37.5. The first kappa shape index (κ1) is 54.3. The minimum Gasteiger partial charge on any atom is -0.462 e. The lowest BCUT2D eigenvalue weighted by Gasteiger charge is -2.24. The number of hydrogen-bond donors (Lipinski definition) is 3. The van der Waals surface area contributed by atoms with Crippen LogP contribution in [0, 0.1) is 0 Å². The van der Waals surface area contributed by atoms with Crippen LogP contribution in [0.3, 0.4) is 0 Å². The fourth-order valence-electron chi connectivity index (χ4n) is 7.54. The van der Waals surface area contributed by atoms with E-state index in [0.717, 1.165) is 51.4 Å². The van der Waals surface area contributed by atoms with Crippen molar-refractivity contribution in [2.45, 2.75) is 277 Å². The number of unbranched alkanes of at least 4 members (excludes halogenated alkanes) is 29. The van der Waals surface area contributed by atoms with Gasteiger partial charge < -0.3 is 20.3 Å². The van der Waals surface area contributed by atoms with Crippen LogP contribution < -0.4 is 5.32 Å². The Morgan fingerprint density at radius 1 is 0.518 bits per heavy atom. The SMILES string of the molecule is CCCCC/C=C/C=C/CCCCCCCCC(=O)OC(CCCCCCCCCCC)CC(=O)NC(CO)C(O)CCCCCCCCCCCCCCC. The number of allylic oxidation sites excluding steroid dienone is 4. The van der Waals surface area contributed by atoms with Crippen molar-refractivity contribution >= 4 is 11.9 Å². The Bertz CT molecular complexity index is 889. The zero-order chi connectivity index (χ0) is 41.0. The molecule has 6 nitrogen and oxygen atoms in total. The molecule has 0 saturated heterocycles. The van der Waals surface area contributed by atoms with E-state index in [-0.39, 0.29) is 24.9 Å². The van der Waals surface area contributed by atoms with Gasteiger partial charge in [-0.2, -0.15) is 0 Å². The van der Waals surface area contributed by atoms with Crippen LogP contribution in [0.25, 0.3) is 0 Å². The first-order valence-electron chi connectivity index (χ1n) is 24.6. The topological polar surface area (TPSA) is 95.9 Å². The highest BCUT2D eigenvalue weighted by molar-refractivity contribution is 5.77. The van der Waals surface area contributed by atoms with Crippen molar-refractivity contribution < 1.29 is 24.5 Å². The van der Waals surface area contributed by atoms with E-state index in [1.807, 2.05) is 0 Å². The smallest absolute Gasteiger partial charge is 0.306 e. The lowest BCUT2D eigenvalue weighted by molar-refractivity contribution is -0.151. The van der Waals surface area contributed by atoms with Crippen LogP contribution in [0.1, 0.15) is 258 Å². The Labute approximate surface area is 348 Å². The van der Waals surface area contributed by atoms with Crippen molar-refractivity contribution in [1.29, 1.82) is 0 Å². The number of aliphatic hydroxyl groups is 2. The van der Waals surface area contributed by atoms with Crippen LogP contribution in [0.4, 0.5) is 0 Å². The maximum absolute atomic E-state index is 13.1. The van der Waals surface area contributed by atoms with E-state index in [4.69, 9.17) is 4.74 Å². The third kappa shape index (κ3) is 39.2. The van der Waals surface area contributed by atoms with Crippen LogP contribution in [-0.2, 0) is 14.3 Å². The Morgan fingerprint density at radius 3 is 1.36 bits per heavy atom. The first-order valence-corrected chi connectivity index (χ1v) is 24.6. The summed E-state index contributed by atoms with van der Waals surface area (Å²) in [6, 6.07) is -0.697. The summed E-state index contributed by atoms with van der Waals surface area (Å²) in [4.78, 5) is 26.0. The summed E-state index contributed by atoms with van der Waals surface area (Å²) in [5, 5.41) is 23.7. The molecule has 0 aliphatic rings. The highest BCUT2D eigenvalue weighted by Gasteiger charge is 2.24. The molecule has 0 radical (unpaired) electrons. The summed E-state index contributed by atoms with van der Waals surface area (Å²) in [6.45, 7) is 6.44. The van der Waals surface area contributed by atoms with E-state index in [1.54, 1.807) is 0 Å². The number of esters is 1. The molecule has 0 bridgehead atoms. The van der Waals surface area contributed by atoms with Crippen molar-refractivity contribution in [2.24, 2.45) is 0 Å². The number of hydrogen-bond acceptors (Lipinski definition) is 5. The van der Waals surface area contributed by atoms with Crippen LogP contribution in [-0.4, -0.2) is 46.9 Å². The standard InChI is InChI=1S/C50H95NO5/c1-4-7-10-13-16-19-21-23-24-26-28-31-34-37-40-43-50(55)56-46(41-38-35-32-29-18-15-12-9-6-3)44-49(54)51-47(45-52)48(53)42-39-36-33-30-27-25-22-20-17-14-11-8-5-2/h16,19,21,23,46-48,52-53H,4-15,17-18,20,22,24-45H2,1-3H3,(H,51,54)/b19-16+,23-21+. The lowest BCUT2D eigenvalue weighted by atomic mass is 10.0. The summed E-state index contributed by atoms with van der Waals surface area (Å²) in [7, 11) is 0. The molecule has 330 valence electrons. The molecule has 0 saturated carbocycles. The van der Waals surface area contributed by atoms with Gasteiger partial charge in [0.1, 0.15) is 6.10 Å². The van der Waals surface area contributed by atoms with Gasteiger partial charge in [-0.25, -0.2) is 0 Å². The molecule has 0 spiro atoms. The van der Waals surface area contributed by atoms with Gasteiger partial charge in [-0.05, 0) is 51.4 Å². The predicted octanol–water partition coefficient (Wildman–Crippen LogP) is 14.3. The van der Waals surface area contributed by atoms with Crippen LogP contribution in [0.15, 0.2) is 24.3 Å². The van der Waals surface area contributed by atoms with Gasteiger partial charge in [-0.15, -0.1) is 0 Å². The lowest BCUT2D eigenvalue weighted by Crippen LogP contribution is -2.46. The fraction of sp³-hybridized carbons (Fsp3) is 0.880. The highest BCUT2D eigenvalue weighted by atomic mass is 16.5. The second kappa shape index (κ2) is 44.4. The van der Waals surface area contributed by atoms with E-state index in [9.17, 15) is 19.8 Å². The van der Waals surface area contributed by atoms with Gasteiger partial charge >= 0.3 is 5.97 Å². The van der Waals surface area contributed by atoms with E-state index in [1.165, 1.54) is 161 Å². The Balaban J connectivity index is 4.48. The molecule has 0 heterocycles. The second-order valence-electron chi connectivity index (χ2n) is 16.9. The van der Waals surface area contributed by atoms with Gasteiger partial charge in [0, 0.05) is 6.42 Å². The first-order chi connectivity index (χ1) is 27.5. The van der Waals surface area contributed by atoms with E-state index >= 15 is 0 Å². The minimum atomic E-state index is -0.784. The van der Waals surface area contributed by atoms with Crippen molar-refractivity contribution in [3.05, 3.63) is 24.3 Å². The number of carbonyl (C=O) groups excluding carboxylic acids is 2. The van der Waals surface area contributed by atoms with Crippen molar-refractivity contribution in [1.82, 2.24) is 5.32 Å². The second-order valence-corrected chi connectivity index (χ2v) is 16.9. The molecule has 0 aliphatic heterocycles. The summed E-state index contributed by atoms with van der Waals surface area (Å²) in [5.74, 6) is -0.479. The molecular weight excluding hydrogens is 695 g/mol. The summed E-state index contributed by atoms with van der Waals surface area (Å²) < 4.78 is 5.90.